The summed E-state index contributed by atoms with van der Waals surface area (Å²) in [6.45, 7) is 0.618. The second kappa shape index (κ2) is 4.00. The van der Waals surface area contributed by atoms with Gasteiger partial charge in [-0.05, 0) is 0 Å². The van der Waals surface area contributed by atoms with E-state index in [1.54, 1.807) is 13.4 Å². The Bertz CT molecular complexity index is 363. The summed E-state index contributed by atoms with van der Waals surface area (Å²) in [6, 6.07) is -0.233. The van der Waals surface area contributed by atoms with Crippen molar-refractivity contribution in [3.05, 3.63) is 17.7 Å². The van der Waals surface area contributed by atoms with Gasteiger partial charge in [0.25, 0.3) is 5.91 Å². The van der Waals surface area contributed by atoms with Gasteiger partial charge < -0.3 is 4.98 Å². The lowest BCUT2D eigenvalue weighted by atomic mass is 10.1. The summed E-state index contributed by atoms with van der Waals surface area (Å²) in [4.78, 5) is 23.8. The Morgan fingerprint density at radius 2 is 2.53 bits per heavy atom. The number of hydrogen-bond acceptors (Lipinski definition) is 4. The number of nitrogens with one attached hydrogen (secondary N) is 2. The number of aromatic amines is 1. The van der Waals surface area contributed by atoms with Gasteiger partial charge in [-0.2, -0.15) is 0 Å². The molecule has 82 valence electrons. The van der Waals surface area contributed by atoms with Crippen LogP contribution in [0.25, 0.3) is 0 Å². The third-order valence-corrected chi connectivity index (χ3v) is 2.61. The van der Waals surface area contributed by atoms with Crippen LogP contribution in [0.5, 0.6) is 0 Å². The number of carbonyl (C=O) groups is 1. The van der Waals surface area contributed by atoms with Crippen LogP contribution >= 0.6 is 0 Å². The highest BCUT2D eigenvalue weighted by atomic mass is 16.7. The monoisotopic (exact) mass is 210 g/mol. The van der Waals surface area contributed by atoms with E-state index in [9.17, 15) is 4.79 Å². The van der Waals surface area contributed by atoms with Crippen molar-refractivity contribution in [2.45, 2.75) is 19.0 Å². The Labute approximate surface area is 87.6 Å². The molecule has 0 fully saturated rings. The van der Waals surface area contributed by atoms with Crippen molar-refractivity contribution in [1.29, 1.82) is 0 Å². The number of hydroxylamine groups is 2. The van der Waals surface area contributed by atoms with E-state index in [-0.39, 0.29) is 11.9 Å². The number of H-pyrrole nitrogens is 1. The summed E-state index contributed by atoms with van der Waals surface area (Å²) in [5.74, 6) is -0.0715. The van der Waals surface area contributed by atoms with Crippen LogP contribution in [0.1, 0.15) is 11.4 Å². The van der Waals surface area contributed by atoms with E-state index in [2.05, 4.69) is 15.3 Å². The van der Waals surface area contributed by atoms with Gasteiger partial charge in [-0.15, -0.1) is 0 Å². The molecule has 6 heteroatoms. The number of rotatable bonds is 2. The number of carbonyl (C=O) groups excluding carboxylic acids is 1. The Morgan fingerprint density at radius 1 is 1.73 bits per heavy atom. The number of hydrogen-bond donors (Lipinski definition) is 2. The maximum atomic E-state index is 11.8. The fourth-order valence-electron chi connectivity index (χ4n) is 1.66. The predicted molar refractivity (Wildman–Crippen MR) is 52.7 cm³/mol. The van der Waals surface area contributed by atoms with Crippen molar-refractivity contribution in [3.8, 4) is 0 Å². The highest BCUT2D eigenvalue weighted by Crippen LogP contribution is 2.13. The zero-order chi connectivity index (χ0) is 10.8. The standard InChI is InChI=1S/C9H14N4O2/c1-13(15-2)9(14)7-3-6-8(4-10-7)12-5-11-6/h5,7,10H,3-4H2,1-2H3,(H,11,12). The normalized spacial score (nSPS) is 19.7. The van der Waals surface area contributed by atoms with Crippen LogP contribution in [0.15, 0.2) is 6.33 Å². The molecule has 0 saturated heterocycles. The van der Waals surface area contributed by atoms with E-state index in [1.165, 1.54) is 12.2 Å². The topological polar surface area (TPSA) is 70.2 Å². The van der Waals surface area contributed by atoms with Gasteiger partial charge in [-0.25, -0.2) is 10.0 Å². The second-order valence-corrected chi connectivity index (χ2v) is 3.48. The van der Waals surface area contributed by atoms with Crippen molar-refractivity contribution < 1.29 is 9.63 Å². The van der Waals surface area contributed by atoms with Gasteiger partial charge in [-0.1, -0.05) is 0 Å². The van der Waals surface area contributed by atoms with E-state index in [0.29, 0.717) is 13.0 Å². The molecular weight excluding hydrogens is 196 g/mol. The van der Waals surface area contributed by atoms with Crippen LogP contribution in [0.4, 0.5) is 0 Å². The van der Waals surface area contributed by atoms with Gasteiger partial charge in [0.2, 0.25) is 0 Å². The molecule has 2 rings (SSSR count). The first kappa shape index (κ1) is 10.1. The summed E-state index contributed by atoms with van der Waals surface area (Å²) < 4.78 is 0. The van der Waals surface area contributed by atoms with E-state index >= 15 is 0 Å². The molecule has 2 N–H and O–H groups in total. The quantitative estimate of drug-likeness (QED) is 0.642. The first-order chi connectivity index (χ1) is 7.22. The highest BCUT2D eigenvalue weighted by molar-refractivity contribution is 5.81. The van der Waals surface area contributed by atoms with E-state index < -0.39 is 0 Å². The Balaban J connectivity index is 2.06. The lowest BCUT2D eigenvalue weighted by Crippen LogP contribution is -2.47. The lowest BCUT2D eigenvalue weighted by Gasteiger charge is -2.25. The van der Waals surface area contributed by atoms with Crippen LogP contribution in [-0.2, 0) is 22.6 Å². The van der Waals surface area contributed by atoms with Crippen molar-refractivity contribution in [2.24, 2.45) is 0 Å². The fraction of sp³-hybridized carbons (Fsp3) is 0.556. The maximum Gasteiger partial charge on any atom is 0.263 e. The van der Waals surface area contributed by atoms with Crippen LogP contribution in [0.3, 0.4) is 0 Å². The van der Waals surface area contributed by atoms with E-state index in [0.717, 1.165) is 11.4 Å². The van der Waals surface area contributed by atoms with Gasteiger partial charge in [0.15, 0.2) is 0 Å². The average molecular weight is 210 g/mol. The summed E-state index contributed by atoms with van der Waals surface area (Å²) >= 11 is 0. The molecule has 15 heavy (non-hydrogen) atoms. The minimum absolute atomic E-state index is 0.0715. The predicted octanol–water partition coefficient (Wildman–Crippen LogP) is -0.556. The first-order valence-electron chi connectivity index (χ1n) is 4.78. The van der Waals surface area contributed by atoms with Gasteiger partial charge in [0.1, 0.15) is 0 Å². The van der Waals surface area contributed by atoms with Crippen LogP contribution < -0.4 is 5.32 Å². The lowest BCUT2D eigenvalue weighted by molar-refractivity contribution is -0.171. The molecule has 1 amide bonds. The molecule has 0 bridgehead atoms. The molecule has 0 aliphatic carbocycles. The number of aromatic nitrogens is 2. The number of fused-ring (bicyclic) bond motifs is 1. The van der Waals surface area contributed by atoms with Crippen molar-refractivity contribution in [2.75, 3.05) is 14.2 Å². The molecule has 1 aliphatic rings. The van der Waals surface area contributed by atoms with Gasteiger partial charge in [0, 0.05) is 25.7 Å². The van der Waals surface area contributed by atoms with Crippen molar-refractivity contribution in [1.82, 2.24) is 20.3 Å². The minimum Gasteiger partial charge on any atom is -0.348 e. The molecule has 0 radical (unpaired) electrons. The number of imidazole rings is 1. The number of amides is 1. The molecule has 1 aromatic rings. The summed E-state index contributed by atoms with van der Waals surface area (Å²) in [6.07, 6.45) is 2.28. The molecular formula is C9H14N4O2. The summed E-state index contributed by atoms with van der Waals surface area (Å²) in [7, 11) is 3.08. The fourth-order valence-corrected chi connectivity index (χ4v) is 1.66. The van der Waals surface area contributed by atoms with Gasteiger partial charge >= 0.3 is 0 Å². The molecule has 1 aliphatic heterocycles. The molecule has 0 saturated carbocycles. The van der Waals surface area contributed by atoms with E-state index in [1.807, 2.05) is 0 Å². The van der Waals surface area contributed by atoms with Crippen molar-refractivity contribution in [3.63, 3.8) is 0 Å². The first-order valence-corrected chi connectivity index (χ1v) is 4.78. The third-order valence-electron chi connectivity index (χ3n) is 2.61. The summed E-state index contributed by atoms with van der Waals surface area (Å²) in [5, 5.41) is 4.36. The molecule has 0 spiro atoms. The number of likely N-dealkylation sites (N-methyl/N-ethyl adjacent to an activating group) is 1. The zero-order valence-electron chi connectivity index (χ0n) is 8.78. The molecule has 1 aromatic heterocycles. The Kier molecular flexibility index (Phi) is 2.70. The SMILES string of the molecule is CON(C)C(=O)C1Cc2[nH]cnc2CN1. The van der Waals surface area contributed by atoms with Crippen LogP contribution in [-0.4, -0.2) is 41.1 Å². The van der Waals surface area contributed by atoms with Gasteiger partial charge in [-0.3, -0.25) is 14.9 Å². The molecule has 6 nitrogen and oxygen atoms in total. The van der Waals surface area contributed by atoms with Crippen LogP contribution in [0, 0.1) is 0 Å². The molecule has 1 unspecified atom stereocenters. The molecule has 0 aromatic carbocycles. The Morgan fingerprint density at radius 3 is 3.27 bits per heavy atom. The minimum atomic E-state index is -0.233. The van der Waals surface area contributed by atoms with Crippen LogP contribution in [0.2, 0.25) is 0 Å². The third kappa shape index (κ3) is 1.86. The maximum absolute atomic E-state index is 11.8. The smallest absolute Gasteiger partial charge is 0.263 e. The van der Waals surface area contributed by atoms with Crippen molar-refractivity contribution >= 4 is 5.91 Å². The Hall–Kier alpha value is -1.40. The van der Waals surface area contributed by atoms with E-state index in [4.69, 9.17) is 4.84 Å². The molecule has 2 heterocycles. The zero-order valence-corrected chi connectivity index (χ0v) is 8.78. The summed E-state index contributed by atoms with van der Waals surface area (Å²) in [5.41, 5.74) is 2.01. The largest absolute Gasteiger partial charge is 0.348 e. The second-order valence-electron chi connectivity index (χ2n) is 3.48. The molecule has 1 atom stereocenters. The highest BCUT2D eigenvalue weighted by Gasteiger charge is 2.27. The average Bonchev–Trinajstić information content (AvgIpc) is 2.73. The van der Waals surface area contributed by atoms with Gasteiger partial charge in [0.05, 0.1) is 25.2 Å². The number of nitrogens with zero attached hydrogens (tertiary/aromatic N) is 2.